The van der Waals surface area contributed by atoms with E-state index in [0.29, 0.717) is 18.7 Å². The van der Waals surface area contributed by atoms with Gasteiger partial charge in [0, 0.05) is 17.7 Å². The van der Waals surface area contributed by atoms with Crippen LogP contribution in [0.1, 0.15) is 11.4 Å². The van der Waals surface area contributed by atoms with Crippen molar-refractivity contribution in [2.45, 2.75) is 13.1 Å². The van der Waals surface area contributed by atoms with Crippen molar-refractivity contribution in [3.8, 4) is 28.1 Å². The lowest BCUT2D eigenvalue weighted by Gasteiger charge is -2.12. The van der Waals surface area contributed by atoms with E-state index < -0.39 is 0 Å². The number of aromatic nitrogens is 4. The second-order valence-corrected chi connectivity index (χ2v) is 8.63. The summed E-state index contributed by atoms with van der Waals surface area (Å²) in [5.74, 6) is 0.575. The standard InChI is InChI=1S/C30H24FN5/c31-26-11-5-4-10-25(26)30-23(18-32-20-29-34-27-12-6-7-13-28(27)35-29)19-33-36(30)24-16-14-22(15-17-24)21-8-2-1-3-9-21/h1-17,19,32H,18,20H2,(H,34,35). The van der Waals surface area contributed by atoms with E-state index >= 15 is 0 Å². The van der Waals surface area contributed by atoms with E-state index in [-0.39, 0.29) is 5.82 Å². The molecule has 2 heterocycles. The minimum absolute atomic E-state index is 0.279. The summed E-state index contributed by atoms with van der Waals surface area (Å²) in [6, 6.07) is 33.2. The molecule has 176 valence electrons. The number of hydrogen-bond acceptors (Lipinski definition) is 3. The largest absolute Gasteiger partial charge is 0.341 e. The lowest BCUT2D eigenvalue weighted by molar-refractivity contribution is 0.628. The van der Waals surface area contributed by atoms with Gasteiger partial charge in [0.05, 0.1) is 35.2 Å². The Morgan fingerprint density at radius 1 is 0.750 bits per heavy atom. The number of halogens is 1. The molecule has 0 bridgehead atoms. The molecule has 0 spiro atoms. The molecule has 6 heteroatoms. The number of nitrogens with zero attached hydrogens (tertiary/aromatic N) is 3. The van der Waals surface area contributed by atoms with Crippen LogP contribution in [-0.2, 0) is 13.1 Å². The predicted octanol–water partition coefficient (Wildman–Crippen LogP) is 6.51. The molecule has 0 aliphatic heterocycles. The first-order chi connectivity index (χ1) is 17.8. The van der Waals surface area contributed by atoms with Crippen molar-refractivity contribution in [2.24, 2.45) is 0 Å². The molecule has 0 radical (unpaired) electrons. The first-order valence-electron chi connectivity index (χ1n) is 11.9. The Hall–Kier alpha value is -4.55. The van der Waals surface area contributed by atoms with Crippen LogP contribution < -0.4 is 5.32 Å². The first kappa shape index (κ1) is 21.9. The highest BCUT2D eigenvalue weighted by Crippen LogP contribution is 2.30. The van der Waals surface area contributed by atoms with Gasteiger partial charge in [-0.3, -0.25) is 0 Å². The zero-order valence-corrected chi connectivity index (χ0v) is 19.5. The van der Waals surface area contributed by atoms with E-state index in [9.17, 15) is 4.39 Å². The zero-order chi connectivity index (χ0) is 24.3. The lowest BCUT2D eigenvalue weighted by atomic mass is 10.0. The van der Waals surface area contributed by atoms with Crippen molar-refractivity contribution < 1.29 is 4.39 Å². The molecule has 4 aromatic carbocycles. The summed E-state index contributed by atoms with van der Waals surface area (Å²) in [4.78, 5) is 7.96. The molecule has 2 aromatic heterocycles. The van der Waals surface area contributed by atoms with Gasteiger partial charge in [0.1, 0.15) is 11.6 Å². The van der Waals surface area contributed by atoms with Gasteiger partial charge in [-0.1, -0.05) is 66.7 Å². The number of imidazole rings is 1. The van der Waals surface area contributed by atoms with Crippen molar-refractivity contribution in [3.63, 3.8) is 0 Å². The van der Waals surface area contributed by atoms with E-state index in [1.54, 1.807) is 18.3 Å². The van der Waals surface area contributed by atoms with Gasteiger partial charge in [-0.05, 0) is 47.5 Å². The van der Waals surface area contributed by atoms with Crippen LogP contribution in [0.5, 0.6) is 0 Å². The SMILES string of the molecule is Fc1ccccc1-c1c(CNCc2nc3ccccc3[nH]2)cnn1-c1ccc(-c2ccccc2)cc1. The molecular weight excluding hydrogens is 449 g/mol. The van der Waals surface area contributed by atoms with E-state index in [4.69, 9.17) is 0 Å². The Morgan fingerprint density at radius 3 is 2.28 bits per heavy atom. The van der Waals surface area contributed by atoms with Gasteiger partial charge in [0.25, 0.3) is 0 Å². The van der Waals surface area contributed by atoms with Crippen molar-refractivity contribution in [1.29, 1.82) is 0 Å². The molecule has 6 rings (SSSR count). The highest BCUT2D eigenvalue weighted by molar-refractivity contribution is 5.74. The smallest absolute Gasteiger partial charge is 0.132 e. The number of aromatic amines is 1. The van der Waals surface area contributed by atoms with Crippen LogP contribution in [0.4, 0.5) is 4.39 Å². The molecule has 5 nitrogen and oxygen atoms in total. The molecule has 6 aromatic rings. The summed E-state index contributed by atoms with van der Waals surface area (Å²) < 4.78 is 16.8. The molecular formula is C30H24FN5. The van der Waals surface area contributed by atoms with Crippen LogP contribution in [0.3, 0.4) is 0 Å². The molecule has 0 saturated heterocycles. The van der Waals surface area contributed by atoms with Gasteiger partial charge in [-0.25, -0.2) is 14.1 Å². The average molecular weight is 474 g/mol. The van der Waals surface area contributed by atoms with Gasteiger partial charge >= 0.3 is 0 Å². The van der Waals surface area contributed by atoms with E-state index in [1.807, 2.05) is 65.3 Å². The maximum atomic E-state index is 14.9. The lowest BCUT2D eigenvalue weighted by Crippen LogP contribution is -2.14. The molecule has 0 unspecified atom stereocenters. The molecule has 0 saturated carbocycles. The molecule has 0 fully saturated rings. The predicted molar refractivity (Wildman–Crippen MR) is 141 cm³/mol. The summed E-state index contributed by atoms with van der Waals surface area (Å²) in [6.45, 7) is 1.07. The fraction of sp³-hybridized carbons (Fsp3) is 0.0667. The topological polar surface area (TPSA) is 58.5 Å². The van der Waals surface area contributed by atoms with Crippen molar-refractivity contribution in [3.05, 3.63) is 127 Å². The van der Waals surface area contributed by atoms with Gasteiger partial charge in [-0.15, -0.1) is 0 Å². The van der Waals surface area contributed by atoms with Gasteiger partial charge in [0.15, 0.2) is 0 Å². The number of fused-ring (bicyclic) bond motifs is 1. The van der Waals surface area contributed by atoms with Crippen LogP contribution in [0.15, 0.2) is 109 Å². The maximum Gasteiger partial charge on any atom is 0.132 e. The summed E-state index contributed by atoms with van der Waals surface area (Å²) >= 11 is 0. The second-order valence-electron chi connectivity index (χ2n) is 8.63. The normalized spacial score (nSPS) is 11.2. The Bertz CT molecular complexity index is 1580. The summed E-state index contributed by atoms with van der Waals surface area (Å²) in [6.07, 6.45) is 1.80. The van der Waals surface area contributed by atoms with Crippen LogP contribution in [0.25, 0.3) is 39.1 Å². The highest BCUT2D eigenvalue weighted by Gasteiger charge is 2.17. The van der Waals surface area contributed by atoms with E-state index in [2.05, 4.69) is 44.6 Å². The fourth-order valence-corrected chi connectivity index (χ4v) is 4.48. The third kappa shape index (κ3) is 4.30. The van der Waals surface area contributed by atoms with Gasteiger partial charge < -0.3 is 10.3 Å². The Labute approximate surface area is 208 Å². The van der Waals surface area contributed by atoms with Crippen LogP contribution in [-0.4, -0.2) is 19.7 Å². The minimum Gasteiger partial charge on any atom is -0.341 e. The number of nitrogens with one attached hydrogen (secondary N) is 2. The Kier molecular flexibility index (Phi) is 5.85. The quantitative estimate of drug-likeness (QED) is 0.278. The van der Waals surface area contributed by atoms with Crippen molar-refractivity contribution in [2.75, 3.05) is 0 Å². The number of H-pyrrole nitrogens is 1. The third-order valence-corrected chi connectivity index (χ3v) is 6.24. The molecule has 0 amide bonds. The number of rotatable bonds is 7. The Morgan fingerprint density at radius 2 is 1.47 bits per heavy atom. The number of para-hydroxylation sites is 2. The molecule has 36 heavy (non-hydrogen) atoms. The van der Waals surface area contributed by atoms with Crippen LogP contribution >= 0.6 is 0 Å². The summed E-state index contributed by atoms with van der Waals surface area (Å²) in [5, 5.41) is 8.09. The Balaban J connectivity index is 1.30. The average Bonchev–Trinajstić information content (AvgIpc) is 3.54. The van der Waals surface area contributed by atoms with Gasteiger partial charge in [0.2, 0.25) is 0 Å². The van der Waals surface area contributed by atoms with E-state index in [0.717, 1.165) is 44.9 Å². The second kappa shape index (κ2) is 9.60. The van der Waals surface area contributed by atoms with E-state index in [1.165, 1.54) is 6.07 Å². The van der Waals surface area contributed by atoms with Crippen molar-refractivity contribution >= 4 is 11.0 Å². The number of benzene rings is 4. The van der Waals surface area contributed by atoms with Crippen LogP contribution in [0, 0.1) is 5.82 Å². The van der Waals surface area contributed by atoms with Crippen molar-refractivity contribution in [1.82, 2.24) is 25.1 Å². The highest BCUT2D eigenvalue weighted by atomic mass is 19.1. The number of hydrogen-bond donors (Lipinski definition) is 2. The molecule has 2 N–H and O–H groups in total. The molecule has 0 aliphatic rings. The van der Waals surface area contributed by atoms with Crippen LogP contribution in [0.2, 0.25) is 0 Å². The summed E-state index contributed by atoms with van der Waals surface area (Å²) in [7, 11) is 0. The molecule has 0 atom stereocenters. The molecule has 0 aliphatic carbocycles. The zero-order valence-electron chi connectivity index (χ0n) is 19.5. The first-order valence-corrected chi connectivity index (χ1v) is 11.9. The fourth-order valence-electron chi connectivity index (χ4n) is 4.48. The van der Waals surface area contributed by atoms with Gasteiger partial charge in [-0.2, -0.15) is 5.10 Å². The monoisotopic (exact) mass is 473 g/mol. The maximum absolute atomic E-state index is 14.9. The summed E-state index contributed by atoms with van der Waals surface area (Å²) in [5.41, 5.74) is 7.24. The minimum atomic E-state index is -0.279. The third-order valence-electron chi connectivity index (χ3n) is 6.24.